The van der Waals surface area contributed by atoms with Crippen LogP contribution in [-0.4, -0.2) is 33.1 Å². The molecule has 0 atom stereocenters. The van der Waals surface area contributed by atoms with E-state index in [0.29, 0.717) is 10.3 Å². The molecular formula is C15H17Cl4IN4O. The number of aryl methyl sites for hydroxylation is 1. The van der Waals surface area contributed by atoms with Gasteiger partial charge < -0.3 is 4.74 Å². The van der Waals surface area contributed by atoms with Gasteiger partial charge in [0.1, 0.15) is 10.3 Å². The molecule has 1 fully saturated rings. The Morgan fingerprint density at radius 1 is 0.920 bits per heavy atom. The summed E-state index contributed by atoms with van der Waals surface area (Å²) in [4.78, 5) is 15.1. The van der Waals surface area contributed by atoms with Gasteiger partial charge in [-0.15, -0.1) is 0 Å². The second-order valence-corrected chi connectivity index (χ2v) is 6.87. The first-order valence-corrected chi connectivity index (χ1v) is 10.5. The van der Waals surface area contributed by atoms with Crippen LogP contribution in [0.15, 0.2) is 12.4 Å². The number of hydrogen-bond acceptors (Lipinski definition) is 5. The Kier molecular flexibility index (Phi) is 12.2. The number of hydrogen-bond donors (Lipinski definition) is 0. The van der Waals surface area contributed by atoms with Crippen LogP contribution in [0.2, 0.25) is 20.9 Å². The third-order valence-electron chi connectivity index (χ3n) is 2.92. The number of aromatic nitrogens is 4. The zero-order valence-electron chi connectivity index (χ0n) is 13.5. The van der Waals surface area contributed by atoms with Crippen molar-refractivity contribution >= 4 is 69.0 Å². The van der Waals surface area contributed by atoms with Gasteiger partial charge in [0, 0.05) is 41.2 Å². The fourth-order valence-electron chi connectivity index (χ4n) is 1.57. The predicted octanol–water partition coefficient (Wildman–Crippen LogP) is 5.86. The quantitative estimate of drug-likeness (QED) is 0.208. The van der Waals surface area contributed by atoms with Crippen molar-refractivity contribution in [2.45, 2.75) is 30.6 Å². The van der Waals surface area contributed by atoms with Gasteiger partial charge in [0.25, 0.3) is 0 Å². The molecular weight excluding hydrogens is 521 g/mol. The fourth-order valence-corrected chi connectivity index (χ4v) is 3.16. The van der Waals surface area contributed by atoms with Crippen molar-refractivity contribution in [3.63, 3.8) is 0 Å². The predicted molar refractivity (Wildman–Crippen MR) is 111 cm³/mol. The van der Waals surface area contributed by atoms with Crippen molar-refractivity contribution in [2.75, 3.05) is 13.2 Å². The minimum atomic E-state index is 0.193. The molecule has 1 aliphatic heterocycles. The Morgan fingerprint density at radius 2 is 1.40 bits per heavy atom. The van der Waals surface area contributed by atoms with Crippen molar-refractivity contribution in [1.29, 1.82) is 0 Å². The first-order chi connectivity index (χ1) is 12.0. The van der Waals surface area contributed by atoms with Crippen LogP contribution in [-0.2, 0) is 15.6 Å². The number of alkyl halides is 1. The fraction of sp³-hybridized carbons (Fsp3) is 0.467. The number of nitrogens with zero attached hydrogens (tertiary/aromatic N) is 4. The molecule has 0 aromatic carbocycles. The lowest BCUT2D eigenvalue weighted by Gasteiger charge is -1.96. The van der Waals surface area contributed by atoms with Crippen molar-refractivity contribution in [3.05, 3.63) is 44.4 Å². The van der Waals surface area contributed by atoms with Crippen molar-refractivity contribution in [1.82, 2.24) is 19.9 Å². The van der Waals surface area contributed by atoms with Crippen LogP contribution in [0.5, 0.6) is 0 Å². The molecule has 0 amide bonds. The Hall–Kier alpha value is 0.01000. The molecule has 25 heavy (non-hydrogen) atoms. The summed E-state index contributed by atoms with van der Waals surface area (Å²) < 4.78 is 5.74. The number of halogens is 5. The van der Waals surface area contributed by atoms with Gasteiger partial charge in [-0.1, -0.05) is 52.7 Å². The average Bonchev–Trinajstić information content (AvgIpc) is 3.15. The number of rotatable bonds is 2. The van der Waals surface area contributed by atoms with Crippen molar-refractivity contribution in [2.24, 2.45) is 0 Å². The molecule has 2 aromatic heterocycles. The SMILES string of the molecule is C1CCOC1.CCc1cnc(Cl)nc1Cl.Clc1ncc(CI)c(Cl)n1. The molecule has 0 unspecified atom stereocenters. The van der Waals surface area contributed by atoms with E-state index in [1.165, 1.54) is 12.8 Å². The lowest BCUT2D eigenvalue weighted by Crippen LogP contribution is -1.89. The van der Waals surface area contributed by atoms with E-state index in [0.717, 1.165) is 35.2 Å². The molecule has 0 aliphatic carbocycles. The molecule has 1 aliphatic rings. The summed E-state index contributed by atoms with van der Waals surface area (Å²) in [6.45, 7) is 3.98. The maximum absolute atomic E-state index is 5.69. The standard InChI is InChI=1S/C6H6Cl2N2.C5H3Cl2IN2.C4H8O/c1-2-4-3-9-6(8)10-5(4)7;6-4-3(1-8)2-9-5(7)10-4;1-2-4-5-3-1/h3H,2H2,1H3;2H,1H2;1-4H2. The third-order valence-corrected chi connectivity index (χ3v) is 4.76. The zero-order chi connectivity index (χ0) is 18.7. The van der Waals surface area contributed by atoms with Crippen LogP contribution in [0.1, 0.15) is 30.9 Å². The first-order valence-electron chi connectivity index (χ1n) is 7.45. The largest absolute Gasteiger partial charge is 0.381 e. The molecule has 3 heterocycles. The van der Waals surface area contributed by atoms with Gasteiger partial charge in [0.15, 0.2) is 0 Å². The number of ether oxygens (including phenoxy) is 1. The summed E-state index contributed by atoms with van der Waals surface area (Å²) in [5.41, 5.74) is 1.83. The minimum Gasteiger partial charge on any atom is -0.381 e. The normalized spacial score (nSPS) is 12.7. The van der Waals surface area contributed by atoms with E-state index >= 15 is 0 Å². The topological polar surface area (TPSA) is 60.8 Å². The van der Waals surface area contributed by atoms with Crippen molar-refractivity contribution < 1.29 is 4.74 Å². The Morgan fingerprint density at radius 3 is 1.72 bits per heavy atom. The Bertz CT molecular complexity index is 600. The first kappa shape index (κ1) is 23.0. The summed E-state index contributed by atoms with van der Waals surface area (Å²) in [5.74, 6) is 0. The molecule has 10 heteroatoms. The minimum absolute atomic E-state index is 0.193. The zero-order valence-corrected chi connectivity index (χ0v) is 18.7. The smallest absolute Gasteiger partial charge is 0.223 e. The van der Waals surface area contributed by atoms with E-state index < -0.39 is 0 Å². The molecule has 1 saturated heterocycles. The van der Waals surface area contributed by atoms with Gasteiger partial charge in [0.2, 0.25) is 10.6 Å². The molecule has 0 radical (unpaired) electrons. The Labute approximate surface area is 181 Å². The molecule has 0 spiro atoms. The van der Waals surface area contributed by atoms with Crippen LogP contribution < -0.4 is 0 Å². The summed E-state index contributed by atoms with van der Waals surface area (Å²) in [6, 6.07) is 0. The van der Waals surface area contributed by atoms with Gasteiger partial charge in [-0.25, -0.2) is 19.9 Å². The van der Waals surface area contributed by atoms with E-state index in [1.807, 2.05) is 6.92 Å². The highest BCUT2D eigenvalue weighted by molar-refractivity contribution is 14.1. The third kappa shape index (κ3) is 9.49. The summed E-state index contributed by atoms with van der Waals surface area (Å²) in [7, 11) is 0. The van der Waals surface area contributed by atoms with Crippen LogP contribution >= 0.6 is 69.0 Å². The maximum atomic E-state index is 5.69. The van der Waals surface area contributed by atoms with E-state index in [-0.39, 0.29) is 10.6 Å². The van der Waals surface area contributed by atoms with Crippen LogP contribution in [0.4, 0.5) is 0 Å². The lowest BCUT2D eigenvalue weighted by atomic mass is 10.3. The molecule has 0 bridgehead atoms. The summed E-state index contributed by atoms with van der Waals surface area (Å²) in [5, 5.41) is 1.28. The van der Waals surface area contributed by atoms with Gasteiger partial charge in [-0.05, 0) is 42.5 Å². The van der Waals surface area contributed by atoms with Gasteiger partial charge in [0.05, 0.1) is 0 Å². The molecule has 0 N–H and O–H groups in total. The second-order valence-electron chi connectivity index (χ2n) is 4.72. The lowest BCUT2D eigenvalue weighted by molar-refractivity contribution is 0.198. The highest BCUT2D eigenvalue weighted by Crippen LogP contribution is 2.16. The summed E-state index contributed by atoms with van der Waals surface area (Å²) >= 11 is 24.5. The van der Waals surface area contributed by atoms with Crippen molar-refractivity contribution in [3.8, 4) is 0 Å². The van der Waals surface area contributed by atoms with E-state index in [4.69, 9.17) is 51.1 Å². The highest BCUT2D eigenvalue weighted by Gasteiger charge is 2.01. The average molecular weight is 538 g/mol. The van der Waals surface area contributed by atoms with E-state index in [2.05, 4.69) is 42.5 Å². The summed E-state index contributed by atoms with van der Waals surface area (Å²) in [6.07, 6.45) is 6.65. The van der Waals surface area contributed by atoms with E-state index in [1.54, 1.807) is 12.4 Å². The Balaban J connectivity index is 0.000000198. The van der Waals surface area contributed by atoms with Crippen LogP contribution in [0, 0.1) is 0 Å². The monoisotopic (exact) mass is 536 g/mol. The van der Waals surface area contributed by atoms with Gasteiger partial charge >= 0.3 is 0 Å². The van der Waals surface area contributed by atoms with Gasteiger partial charge in [-0.3, -0.25) is 0 Å². The molecule has 5 nitrogen and oxygen atoms in total. The van der Waals surface area contributed by atoms with Crippen LogP contribution in [0.3, 0.4) is 0 Å². The van der Waals surface area contributed by atoms with Crippen LogP contribution in [0.25, 0.3) is 0 Å². The highest BCUT2D eigenvalue weighted by atomic mass is 127. The maximum Gasteiger partial charge on any atom is 0.223 e. The molecule has 0 saturated carbocycles. The molecule has 3 rings (SSSR count). The van der Waals surface area contributed by atoms with E-state index in [9.17, 15) is 0 Å². The molecule has 138 valence electrons. The molecule has 2 aromatic rings. The van der Waals surface area contributed by atoms with Gasteiger partial charge in [-0.2, -0.15) is 0 Å². The second kappa shape index (κ2) is 13.2.